The number of rotatable bonds is 4. The Morgan fingerprint density at radius 2 is 2.10 bits per heavy atom. The smallest absolute Gasteiger partial charge is 0.324 e. The second-order valence-corrected chi connectivity index (χ2v) is 6.18. The van der Waals surface area contributed by atoms with Crippen molar-refractivity contribution in [3.8, 4) is 5.75 Å². The van der Waals surface area contributed by atoms with Gasteiger partial charge in [0.2, 0.25) is 0 Å². The van der Waals surface area contributed by atoms with Gasteiger partial charge in [-0.15, -0.1) is 0 Å². The quantitative estimate of drug-likeness (QED) is 0.895. The van der Waals surface area contributed by atoms with Gasteiger partial charge >= 0.3 is 5.97 Å². The van der Waals surface area contributed by atoms with Crippen molar-refractivity contribution in [3.05, 3.63) is 28.8 Å². The number of hydrogen-bond donors (Lipinski definition) is 2. The average molecular weight is 291 g/mol. The van der Waals surface area contributed by atoms with E-state index >= 15 is 0 Å². The number of carbonyl (C=O) groups is 1. The summed E-state index contributed by atoms with van der Waals surface area (Å²) < 4.78 is 6.15. The molecule has 2 atom stereocenters. The van der Waals surface area contributed by atoms with Gasteiger partial charge in [-0.2, -0.15) is 0 Å². The molecule has 21 heavy (non-hydrogen) atoms. The van der Waals surface area contributed by atoms with E-state index in [4.69, 9.17) is 4.74 Å². The van der Waals surface area contributed by atoms with E-state index in [1.807, 2.05) is 6.07 Å². The third-order valence-electron chi connectivity index (χ3n) is 4.65. The van der Waals surface area contributed by atoms with Crippen molar-refractivity contribution < 1.29 is 14.6 Å². The van der Waals surface area contributed by atoms with Gasteiger partial charge < -0.3 is 15.2 Å². The average Bonchev–Trinajstić information content (AvgIpc) is 2.44. The van der Waals surface area contributed by atoms with Gasteiger partial charge in [0, 0.05) is 6.42 Å². The SMILES string of the molecule is CNC1(C(=O)O)CCCC(Oc2cc(C)cc(C)c2C)C1. The number of benzene rings is 1. The fraction of sp³-hybridized carbons (Fsp3) is 0.588. The van der Waals surface area contributed by atoms with Crippen LogP contribution in [0, 0.1) is 20.8 Å². The van der Waals surface area contributed by atoms with Crippen LogP contribution in [0.2, 0.25) is 0 Å². The molecule has 1 aromatic carbocycles. The lowest BCUT2D eigenvalue weighted by Crippen LogP contribution is -2.55. The standard InChI is InChI=1S/C17H25NO3/c1-11-8-12(2)13(3)15(9-11)21-14-6-5-7-17(10-14,18-4)16(19)20/h8-9,14,18H,5-7,10H2,1-4H3,(H,19,20). The Kier molecular flexibility index (Phi) is 4.57. The Bertz CT molecular complexity index is 541. The van der Waals surface area contributed by atoms with Crippen LogP contribution in [0.4, 0.5) is 0 Å². The van der Waals surface area contributed by atoms with Crippen molar-refractivity contribution in [2.45, 2.75) is 58.1 Å². The second kappa shape index (κ2) is 6.06. The lowest BCUT2D eigenvalue weighted by molar-refractivity contribution is -0.147. The van der Waals surface area contributed by atoms with Crippen LogP contribution in [0.1, 0.15) is 42.4 Å². The Hall–Kier alpha value is -1.55. The van der Waals surface area contributed by atoms with Crippen LogP contribution in [0.5, 0.6) is 5.75 Å². The minimum Gasteiger partial charge on any atom is -0.490 e. The van der Waals surface area contributed by atoms with Crippen molar-refractivity contribution in [3.63, 3.8) is 0 Å². The molecule has 2 N–H and O–H groups in total. The summed E-state index contributed by atoms with van der Waals surface area (Å²) in [6, 6.07) is 4.18. The number of aliphatic carboxylic acids is 1. The summed E-state index contributed by atoms with van der Waals surface area (Å²) in [5, 5.41) is 12.5. The van der Waals surface area contributed by atoms with Crippen LogP contribution in [0.3, 0.4) is 0 Å². The van der Waals surface area contributed by atoms with Crippen molar-refractivity contribution in [1.82, 2.24) is 5.32 Å². The molecule has 116 valence electrons. The van der Waals surface area contributed by atoms with E-state index in [0.29, 0.717) is 12.8 Å². The molecular formula is C17H25NO3. The van der Waals surface area contributed by atoms with E-state index in [1.165, 1.54) is 11.1 Å². The van der Waals surface area contributed by atoms with Crippen molar-refractivity contribution >= 4 is 5.97 Å². The predicted molar refractivity (Wildman–Crippen MR) is 83.0 cm³/mol. The zero-order valence-corrected chi connectivity index (χ0v) is 13.3. The first kappa shape index (κ1) is 15.8. The molecule has 0 heterocycles. The number of nitrogens with one attached hydrogen (secondary N) is 1. The highest BCUT2D eigenvalue weighted by Crippen LogP contribution is 2.33. The van der Waals surface area contributed by atoms with E-state index in [1.54, 1.807) is 7.05 Å². The number of carboxylic acid groups (broad SMARTS) is 1. The summed E-state index contributed by atoms with van der Waals surface area (Å²) in [6.45, 7) is 6.18. The van der Waals surface area contributed by atoms with Crippen LogP contribution >= 0.6 is 0 Å². The summed E-state index contributed by atoms with van der Waals surface area (Å²) in [7, 11) is 1.72. The molecule has 1 aromatic rings. The maximum atomic E-state index is 11.6. The minimum absolute atomic E-state index is 0.0535. The van der Waals surface area contributed by atoms with Crippen molar-refractivity contribution in [1.29, 1.82) is 0 Å². The topological polar surface area (TPSA) is 58.6 Å². The Balaban J connectivity index is 2.19. The predicted octanol–water partition coefficient (Wildman–Crippen LogP) is 2.98. The zero-order chi connectivity index (χ0) is 15.6. The van der Waals surface area contributed by atoms with Crippen LogP contribution in [-0.4, -0.2) is 29.8 Å². The molecule has 2 unspecified atom stereocenters. The number of carboxylic acids is 1. The molecule has 4 nitrogen and oxygen atoms in total. The summed E-state index contributed by atoms with van der Waals surface area (Å²) >= 11 is 0. The lowest BCUT2D eigenvalue weighted by Gasteiger charge is -2.37. The molecule has 0 spiro atoms. The van der Waals surface area contributed by atoms with Gasteiger partial charge in [0.1, 0.15) is 17.4 Å². The molecular weight excluding hydrogens is 266 g/mol. The van der Waals surface area contributed by atoms with Crippen LogP contribution in [0.15, 0.2) is 12.1 Å². The molecule has 0 bridgehead atoms. The third kappa shape index (κ3) is 3.21. The van der Waals surface area contributed by atoms with Crippen molar-refractivity contribution in [2.24, 2.45) is 0 Å². The van der Waals surface area contributed by atoms with E-state index in [9.17, 15) is 9.90 Å². The molecule has 1 aliphatic carbocycles. The van der Waals surface area contributed by atoms with Crippen molar-refractivity contribution in [2.75, 3.05) is 7.05 Å². The fourth-order valence-electron chi connectivity index (χ4n) is 3.16. The molecule has 0 aliphatic heterocycles. The molecule has 1 fully saturated rings. The lowest BCUT2D eigenvalue weighted by atomic mass is 9.80. The number of likely N-dealkylation sites (N-methyl/N-ethyl adjacent to an activating group) is 1. The Morgan fingerprint density at radius 3 is 2.71 bits per heavy atom. The summed E-state index contributed by atoms with van der Waals surface area (Å²) in [6.07, 6.45) is 2.88. The molecule has 0 radical (unpaired) electrons. The molecule has 4 heteroatoms. The zero-order valence-electron chi connectivity index (χ0n) is 13.3. The van der Waals surface area contributed by atoms with Crippen LogP contribution in [-0.2, 0) is 4.79 Å². The normalized spacial score (nSPS) is 25.6. The molecule has 1 saturated carbocycles. The number of ether oxygens (including phenoxy) is 1. The van der Waals surface area contributed by atoms with E-state index in [2.05, 4.69) is 32.2 Å². The van der Waals surface area contributed by atoms with Crippen LogP contribution < -0.4 is 10.1 Å². The highest BCUT2D eigenvalue weighted by Gasteiger charge is 2.42. The van der Waals surface area contributed by atoms with Crippen LogP contribution in [0.25, 0.3) is 0 Å². The maximum absolute atomic E-state index is 11.6. The Morgan fingerprint density at radius 1 is 1.38 bits per heavy atom. The first-order valence-corrected chi connectivity index (χ1v) is 7.55. The van der Waals surface area contributed by atoms with E-state index in [0.717, 1.165) is 24.2 Å². The van der Waals surface area contributed by atoms with E-state index in [-0.39, 0.29) is 6.10 Å². The highest BCUT2D eigenvalue weighted by molar-refractivity contribution is 5.79. The fourth-order valence-corrected chi connectivity index (χ4v) is 3.16. The summed E-state index contributed by atoms with van der Waals surface area (Å²) in [5.41, 5.74) is 2.66. The van der Waals surface area contributed by atoms with E-state index < -0.39 is 11.5 Å². The summed E-state index contributed by atoms with van der Waals surface area (Å²) in [4.78, 5) is 11.6. The third-order valence-corrected chi connectivity index (χ3v) is 4.65. The van der Waals surface area contributed by atoms with Gasteiger partial charge in [0.25, 0.3) is 0 Å². The van der Waals surface area contributed by atoms with Gasteiger partial charge in [-0.3, -0.25) is 4.79 Å². The second-order valence-electron chi connectivity index (χ2n) is 6.18. The minimum atomic E-state index is -0.851. The van der Waals surface area contributed by atoms with Gasteiger partial charge in [0.05, 0.1) is 0 Å². The number of aryl methyl sites for hydroxylation is 2. The van der Waals surface area contributed by atoms with Gasteiger partial charge in [0.15, 0.2) is 0 Å². The molecule has 2 rings (SSSR count). The first-order valence-electron chi connectivity index (χ1n) is 7.55. The maximum Gasteiger partial charge on any atom is 0.324 e. The van der Waals surface area contributed by atoms with Gasteiger partial charge in [-0.05, 0) is 69.8 Å². The monoisotopic (exact) mass is 291 g/mol. The molecule has 0 amide bonds. The number of hydrogen-bond acceptors (Lipinski definition) is 3. The van der Waals surface area contributed by atoms with Gasteiger partial charge in [-0.25, -0.2) is 0 Å². The summed E-state index contributed by atoms with van der Waals surface area (Å²) in [5.74, 6) is 0.102. The van der Waals surface area contributed by atoms with Gasteiger partial charge in [-0.1, -0.05) is 6.07 Å². The largest absolute Gasteiger partial charge is 0.490 e. The first-order chi connectivity index (χ1) is 9.88. The molecule has 0 aromatic heterocycles. The molecule has 0 saturated heterocycles. The Labute approximate surface area is 126 Å². The molecule has 1 aliphatic rings. The highest BCUT2D eigenvalue weighted by atomic mass is 16.5.